The number of nitrogens with zero attached hydrogens (tertiary/aromatic N) is 1. The van der Waals surface area contributed by atoms with Crippen LogP contribution in [0.5, 0.6) is 5.75 Å². The molecular weight excluding hydrogens is 402 g/mol. The number of aliphatic hydroxyl groups is 1. The van der Waals surface area contributed by atoms with E-state index in [0.717, 1.165) is 29.2 Å². The number of fused-ring (bicyclic) bond motifs is 1. The van der Waals surface area contributed by atoms with Crippen LogP contribution in [0.15, 0.2) is 72.3 Å². The molecule has 1 unspecified atom stereocenters. The Bertz CT molecular complexity index is 1190. The lowest BCUT2D eigenvalue weighted by atomic mass is 9.91. The van der Waals surface area contributed by atoms with Crippen molar-refractivity contribution in [1.29, 1.82) is 0 Å². The topological polar surface area (TPSA) is 66.8 Å². The van der Waals surface area contributed by atoms with Crippen LogP contribution in [-0.4, -0.2) is 34.8 Å². The Hall–Kier alpha value is -3.60. The van der Waals surface area contributed by atoms with Gasteiger partial charge < -0.3 is 14.7 Å². The summed E-state index contributed by atoms with van der Waals surface area (Å²) in [6.07, 6.45) is 1.66. The molecule has 1 saturated heterocycles. The van der Waals surface area contributed by atoms with Crippen LogP contribution in [-0.2, 0) is 9.59 Å². The van der Waals surface area contributed by atoms with E-state index in [9.17, 15) is 14.7 Å². The lowest BCUT2D eigenvalue weighted by Gasteiger charge is -2.26. The van der Waals surface area contributed by atoms with E-state index in [1.807, 2.05) is 56.3 Å². The summed E-state index contributed by atoms with van der Waals surface area (Å²) in [6.45, 7) is 4.86. The van der Waals surface area contributed by atoms with Crippen LogP contribution in [0.1, 0.15) is 43.9 Å². The van der Waals surface area contributed by atoms with Crippen LogP contribution < -0.4 is 4.74 Å². The third-order valence-electron chi connectivity index (χ3n) is 5.83. The van der Waals surface area contributed by atoms with Crippen LogP contribution in [0.4, 0.5) is 0 Å². The lowest BCUT2D eigenvalue weighted by molar-refractivity contribution is -0.139. The van der Waals surface area contributed by atoms with Gasteiger partial charge in [0, 0.05) is 12.1 Å². The first-order valence-electron chi connectivity index (χ1n) is 11.1. The second kappa shape index (κ2) is 9.27. The molecule has 0 bridgehead atoms. The lowest BCUT2D eigenvalue weighted by Crippen LogP contribution is -2.30. The van der Waals surface area contributed by atoms with E-state index < -0.39 is 17.7 Å². The van der Waals surface area contributed by atoms with Crippen molar-refractivity contribution >= 4 is 28.2 Å². The van der Waals surface area contributed by atoms with Gasteiger partial charge in [-0.2, -0.15) is 0 Å². The number of carbonyl (C=O) groups excluding carboxylic acids is 2. The maximum atomic E-state index is 13.2. The molecule has 0 radical (unpaired) electrons. The van der Waals surface area contributed by atoms with Crippen molar-refractivity contribution in [3.8, 4) is 5.75 Å². The second-order valence-corrected chi connectivity index (χ2v) is 7.88. The number of benzene rings is 3. The van der Waals surface area contributed by atoms with Crippen molar-refractivity contribution in [1.82, 2.24) is 4.90 Å². The largest absolute Gasteiger partial charge is 0.507 e. The van der Waals surface area contributed by atoms with E-state index >= 15 is 0 Å². The Kier molecular flexibility index (Phi) is 6.26. The molecule has 1 amide bonds. The molecule has 32 heavy (non-hydrogen) atoms. The number of amides is 1. The van der Waals surface area contributed by atoms with Crippen molar-refractivity contribution in [2.24, 2.45) is 0 Å². The van der Waals surface area contributed by atoms with Crippen LogP contribution >= 0.6 is 0 Å². The zero-order valence-corrected chi connectivity index (χ0v) is 18.4. The average molecular weight is 430 g/mol. The number of ketones is 1. The van der Waals surface area contributed by atoms with Crippen LogP contribution in [0.2, 0.25) is 0 Å². The fourth-order valence-corrected chi connectivity index (χ4v) is 4.31. The molecule has 1 fully saturated rings. The van der Waals surface area contributed by atoms with Crippen molar-refractivity contribution in [3.05, 3.63) is 83.4 Å². The number of ether oxygens (including phenoxy) is 1. The monoisotopic (exact) mass is 429 g/mol. The Balaban J connectivity index is 1.93. The quantitative estimate of drug-likeness (QED) is 0.308. The van der Waals surface area contributed by atoms with Gasteiger partial charge in [0.1, 0.15) is 11.5 Å². The number of aliphatic hydroxyl groups excluding tert-OH is 1. The molecule has 3 aromatic carbocycles. The Labute approximate surface area is 187 Å². The fourth-order valence-electron chi connectivity index (χ4n) is 4.31. The van der Waals surface area contributed by atoms with Crippen molar-refractivity contribution < 1.29 is 19.4 Å². The Morgan fingerprint density at radius 2 is 1.75 bits per heavy atom. The highest BCUT2D eigenvalue weighted by molar-refractivity contribution is 6.46. The Morgan fingerprint density at radius 3 is 2.53 bits per heavy atom. The summed E-state index contributed by atoms with van der Waals surface area (Å²) >= 11 is 0. The zero-order valence-electron chi connectivity index (χ0n) is 18.4. The molecule has 164 valence electrons. The van der Waals surface area contributed by atoms with E-state index in [2.05, 4.69) is 0 Å². The van der Waals surface area contributed by atoms with Crippen molar-refractivity contribution in [2.75, 3.05) is 13.2 Å². The standard InChI is InChI=1S/C27H27NO4/c1-3-5-16-28-24(22-15-9-11-18-10-6-7-14-21(18)22)23(26(30)27(28)31)25(29)19-12-8-13-20(17-19)32-4-2/h6-15,17,24,29H,3-5,16H2,1-2H3/b25-23-. The zero-order chi connectivity index (χ0) is 22.7. The average Bonchev–Trinajstić information content (AvgIpc) is 3.07. The van der Waals surface area contributed by atoms with Gasteiger partial charge >= 0.3 is 0 Å². The van der Waals surface area contributed by atoms with Gasteiger partial charge in [0.25, 0.3) is 11.7 Å². The predicted octanol–water partition coefficient (Wildman–Crippen LogP) is 5.46. The molecular formula is C27H27NO4. The molecule has 0 saturated carbocycles. The van der Waals surface area contributed by atoms with Gasteiger partial charge in [-0.3, -0.25) is 9.59 Å². The molecule has 3 aromatic rings. The van der Waals surface area contributed by atoms with E-state index in [0.29, 0.717) is 24.5 Å². The summed E-state index contributed by atoms with van der Waals surface area (Å²) in [5, 5.41) is 13.2. The highest BCUT2D eigenvalue weighted by atomic mass is 16.5. The first-order valence-corrected chi connectivity index (χ1v) is 11.1. The SMILES string of the molecule is CCCCN1C(=O)C(=O)/C(=C(\O)c2cccc(OCC)c2)C1c1cccc2ccccc12. The minimum absolute atomic E-state index is 0.121. The molecule has 5 nitrogen and oxygen atoms in total. The van der Waals surface area contributed by atoms with Gasteiger partial charge in [-0.25, -0.2) is 0 Å². The van der Waals surface area contributed by atoms with Gasteiger partial charge in [0.15, 0.2) is 0 Å². The van der Waals surface area contributed by atoms with Crippen LogP contribution in [0.3, 0.4) is 0 Å². The Morgan fingerprint density at radius 1 is 1.00 bits per heavy atom. The highest BCUT2D eigenvalue weighted by Crippen LogP contribution is 2.42. The molecule has 5 heteroatoms. The molecule has 4 rings (SSSR count). The number of unbranched alkanes of at least 4 members (excludes halogenated alkanes) is 1. The van der Waals surface area contributed by atoms with Crippen molar-refractivity contribution in [2.45, 2.75) is 32.7 Å². The number of hydrogen-bond donors (Lipinski definition) is 1. The third-order valence-corrected chi connectivity index (χ3v) is 5.83. The normalized spacial score (nSPS) is 17.8. The van der Waals surface area contributed by atoms with Gasteiger partial charge in [-0.15, -0.1) is 0 Å². The van der Waals surface area contributed by atoms with Gasteiger partial charge in [0.2, 0.25) is 0 Å². The maximum Gasteiger partial charge on any atom is 0.295 e. The molecule has 0 aliphatic carbocycles. The number of likely N-dealkylation sites (tertiary alicyclic amines) is 1. The summed E-state index contributed by atoms with van der Waals surface area (Å²) in [7, 11) is 0. The molecule has 0 aromatic heterocycles. The summed E-state index contributed by atoms with van der Waals surface area (Å²) in [5.41, 5.74) is 1.41. The number of rotatable bonds is 7. The molecule has 1 N–H and O–H groups in total. The molecule has 1 heterocycles. The number of carbonyl (C=O) groups is 2. The predicted molar refractivity (Wildman–Crippen MR) is 125 cm³/mol. The highest BCUT2D eigenvalue weighted by Gasteiger charge is 2.46. The van der Waals surface area contributed by atoms with Crippen LogP contribution in [0.25, 0.3) is 16.5 Å². The first kappa shape index (κ1) is 21.6. The van der Waals surface area contributed by atoms with Crippen molar-refractivity contribution in [3.63, 3.8) is 0 Å². The smallest absolute Gasteiger partial charge is 0.295 e. The molecule has 1 atom stereocenters. The summed E-state index contributed by atoms with van der Waals surface area (Å²) in [4.78, 5) is 27.8. The minimum Gasteiger partial charge on any atom is -0.507 e. The molecule has 1 aliphatic rings. The summed E-state index contributed by atoms with van der Waals surface area (Å²) < 4.78 is 5.55. The van der Waals surface area contributed by atoms with E-state index in [1.165, 1.54) is 0 Å². The fraction of sp³-hybridized carbons (Fsp3) is 0.259. The van der Waals surface area contributed by atoms with E-state index in [4.69, 9.17) is 4.74 Å². The summed E-state index contributed by atoms with van der Waals surface area (Å²) in [6, 6.07) is 20.1. The second-order valence-electron chi connectivity index (χ2n) is 7.88. The molecule has 0 spiro atoms. The van der Waals surface area contributed by atoms with E-state index in [-0.39, 0.29) is 11.3 Å². The minimum atomic E-state index is -0.654. The third kappa shape index (κ3) is 3.86. The first-order chi connectivity index (χ1) is 15.6. The van der Waals surface area contributed by atoms with E-state index in [1.54, 1.807) is 29.2 Å². The maximum absolute atomic E-state index is 13.2. The molecule has 1 aliphatic heterocycles. The number of Topliss-reactive ketones (excluding diaryl/α,β-unsaturated/α-hetero) is 1. The number of hydrogen-bond acceptors (Lipinski definition) is 4. The summed E-state index contributed by atoms with van der Waals surface area (Å²) in [5.74, 6) is -0.808. The van der Waals surface area contributed by atoms with Gasteiger partial charge in [-0.1, -0.05) is 67.9 Å². The van der Waals surface area contributed by atoms with Crippen LogP contribution in [0, 0.1) is 0 Å². The van der Waals surface area contributed by atoms with Gasteiger partial charge in [0.05, 0.1) is 18.2 Å². The van der Waals surface area contributed by atoms with Gasteiger partial charge in [-0.05, 0) is 41.8 Å².